The van der Waals surface area contributed by atoms with Gasteiger partial charge in [-0.3, -0.25) is 0 Å². The molecule has 3 nitrogen and oxygen atoms in total. The molecule has 0 aromatic carbocycles. The van der Waals surface area contributed by atoms with Crippen LogP contribution in [0.3, 0.4) is 0 Å². The van der Waals surface area contributed by atoms with Crippen LogP contribution in [0.15, 0.2) is 0 Å². The zero-order valence-electron chi connectivity index (χ0n) is 10.2. The van der Waals surface area contributed by atoms with E-state index in [1.807, 2.05) is 7.11 Å². The minimum atomic E-state index is 0.306. The minimum absolute atomic E-state index is 0.306. The first-order valence-corrected chi connectivity index (χ1v) is 6.11. The van der Waals surface area contributed by atoms with E-state index in [1.54, 1.807) is 0 Å². The van der Waals surface area contributed by atoms with Crippen LogP contribution in [0.1, 0.15) is 26.7 Å². The van der Waals surface area contributed by atoms with Gasteiger partial charge in [-0.05, 0) is 38.4 Å². The topological polar surface area (TPSA) is 33.3 Å². The third-order valence-electron chi connectivity index (χ3n) is 4.28. The smallest absolute Gasteiger partial charge is 0.0652 e. The van der Waals surface area contributed by atoms with Gasteiger partial charge >= 0.3 is 0 Å². The zero-order valence-corrected chi connectivity index (χ0v) is 10.2. The fraction of sp³-hybridized carbons (Fsp3) is 1.00. The summed E-state index contributed by atoms with van der Waals surface area (Å²) in [6, 6.07) is 0.642. The van der Waals surface area contributed by atoms with E-state index in [9.17, 15) is 0 Å². The van der Waals surface area contributed by atoms with Crippen LogP contribution in [-0.2, 0) is 4.74 Å². The highest BCUT2D eigenvalue weighted by Crippen LogP contribution is 2.42. The van der Waals surface area contributed by atoms with Crippen LogP contribution in [0, 0.1) is 11.3 Å². The van der Waals surface area contributed by atoms with E-state index in [1.165, 1.54) is 25.9 Å². The van der Waals surface area contributed by atoms with Crippen LogP contribution in [0.2, 0.25) is 0 Å². The van der Waals surface area contributed by atoms with Crippen LogP contribution in [0.4, 0.5) is 0 Å². The predicted molar refractivity (Wildman–Crippen MR) is 62.0 cm³/mol. The third-order valence-corrected chi connectivity index (χ3v) is 4.28. The van der Waals surface area contributed by atoms with E-state index in [0.717, 1.165) is 12.5 Å². The van der Waals surface area contributed by atoms with Gasteiger partial charge in [-0.1, -0.05) is 13.8 Å². The van der Waals surface area contributed by atoms with Gasteiger partial charge in [0.1, 0.15) is 0 Å². The van der Waals surface area contributed by atoms with E-state index in [2.05, 4.69) is 24.5 Å². The molecule has 0 aromatic rings. The molecule has 3 unspecified atom stereocenters. The van der Waals surface area contributed by atoms with E-state index in [0.29, 0.717) is 17.6 Å². The van der Waals surface area contributed by atoms with Crippen molar-refractivity contribution in [2.24, 2.45) is 11.3 Å². The molecule has 2 aliphatic rings. The van der Waals surface area contributed by atoms with Crippen LogP contribution < -0.4 is 10.6 Å². The number of hydrogen-bond donors (Lipinski definition) is 2. The lowest BCUT2D eigenvalue weighted by atomic mass is 9.64. The number of rotatable bonds is 4. The van der Waals surface area contributed by atoms with Crippen LogP contribution >= 0.6 is 0 Å². The summed E-state index contributed by atoms with van der Waals surface area (Å²) in [6.45, 7) is 8.15. The lowest BCUT2D eigenvalue weighted by Crippen LogP contribution is -2.61. The van der Waals surface area contributed by atoms with E-state index in [-0.39, 0.29) is 0 Å². The number of ether oxygens (including phenoxy) is 1. The average molecular weight is 212 g/mol. The Morgan fingerprint density at radius 1 is 1.47 bits per heavy atom. The van der Waals surface area contributed by atoms with Crippen molar-refractivity contribution in [2.45, 2.75) is 38.8 Å². The summed E-state index contributed by atoms with van der Waals surface area (Å²) in [5, 5.41) is 7.10. The quantitative estimate of drug-likeness (QED) is 0.729. The maximum atomic E-state index is 5.45. The molecular formula is C12H24N2O. The Bertz CT molecular complexity index is 212. The maximum Gasteiger partial charge on any atom is 0.0652 e. The van der Waals surface area contributed by atoms with Crippen molar-refractivity contribution in [3.05, 3.63) is 0 Å². The zero-order chi connectivity index (χ0) is 10.9. The maximum absolute atomic E-state index is 5.45. The van der Waals surface area contributed by atoms with Crippen molar-refractivity contribution in [2.75, 3.05) is 26.7 Å². The van der Waals surface area contributed by atoms with Gasteiger partial charge in [-0.25, -0.2) is 0 Å². The van der Waals surface area contributed by atoms with Crippen molar-refractivity contribution in [1.82, 2.24) is 10.6 Å². The molecule has 0 amide bonds. The third kappa shape index (κ3) is 2.19. The highest BCUT2D eigenvalue weighted by molar-refractivity contribution is 5.02. The second kappa shape index (κ2) is 4.40. The Morgan fingerprint density at radius 3 is 2.80 bits per heavy atom. The van der Waals surface area contributed by atoms with Gasteiger partial charge in [0.15, 0.2) is 0 Å². The highest BCUT2D eigenvalue weighted by atomic mass is 16.5. The summed E-state index contributed by atoms with van der Waals surface area (Å²) in [5.41, 5.74) is 0.306. The van der Waals surface area contributed by atoms with Gasteiger partial charge in [0, 0.05) is 18.6 Å². The molecule has 2 N–H and O–H groups in total. The van der Waals surface area contributed by atoms with Crippen molar-refractivity contribution in [3.63, 3.8) is 0 Å². The van der Waals surface area contributed by atoms with Crippen LogP contribution in [-0.4, -0.2) is 38.9 Å². The second-order valence-corrected chi connectivity index (χ2v) is 5.60. The molecule has 1 saturated heterocycles. The molecule has 1 heterocycles. The van der Waals surface area contributed by atoms with E-state index >= 15 is 0 Å². The first-order chi connectivity index (χ1) is 7.14. The molecule has 0 bridgehead atoms. The monoisotopic (exact) mass is 212 g/mol. The molecule has 0 aromatic heterocycles. The fourth-order valence-electron chi connectivity index (χ4n) is 2.83. The minimum Gasteiger partial charge on any atom is -0.381 e. The summed E-state index contributed by atoms with van der Waals surface area (Å²) in [7, 11) is 1.82. The van der Waals surface area contributed by atoms with Crippen LogP contribution in [0.5, 0.6) is 0 Å². The summed E-state index contributed by atoms with van der Waals surface area (Å²) >= 11 is 0. The average Bonchev–Trinajstić information content (AvgIpc) is 2.69. The Labute approximate surface area is 93.0 Å². The van der Waals surface area contributed by atoms with Gasteiger partial charge in [0.25, 0.3) is 0 Å². The fourth-order valence-corrected chi connectivity index (χ4v) is 2.83. The van der Waals surface area contributed by atoms with Crippen molar-refractivity contribution in [3.8, 4) is 0 Å². The van der Waals surface area contributed by atoms with Crippen molar-refractivity contribution in [1.29, 1.82) is 0 Å². The molecular weight excluding hydrogens is 188 g/mol. The van der Waals surface area contributed by atoms with Gasteiger partial charge in [-0.2, -0.15) is 0 Å². The lowest BCUT2D eigenvalue weighted by molar-refractivity contribution is -0.0979. The second-order valence-electron chi connectivity index (χ2n) is 5.60. The van der Waals surface area contributed by atoms with Gasteiger partial charge in [0.2, 0.25) is 0 Å². The lowest BCUT2D eigenvalue weighted by Gasteiger charge is -2.51. The molecule has 15 heavy (non-hydrogen) atoms. The van der Waals surface area contributed by atoms with Gasteiger partial charge in [-0.15, -0.1) is 0 Å². The normalized spacial score (nSPS) is 39.0. The van der Waals surface area contributed by atoms with Gasteiger partial charge in [0.05, 0.1) is 6.10 Å². The summed E-state index contributed by atoms with van der Waals surface area (Å²) in [5.74, 6) is 0.836. The highest BCUT2D eigenvalue weighted by Gasteiger charge is 2.48. The first kappa shape index (κ1) is 11.4. The molecule has 2 rings (SSSR count). The molecule has 2 fully saturated rings. The Hall–Kier alpha value is -0.120. The Morgan fingerprint density at radius 2 is 2.27 bits per heavy atom. The molecule has 0 spiro atoms. The molecule has 1 saturated carbocycles. The van der Waals surface area contributed by atoms with Gasteiger partial charge < -0.3 is 15.4 Å². The Kier molecular flexibility index (Phi) is 3.33. The van der Waals surface area contributed by atoms with Crippen molar-refractivity contribution < 1.29 is 4.74 Å². The summed E-state index contributed by atoms with van der Waals surface area (Å²) in [6.07, 6.45) is 2.94. The first-order valence-electron chi connectivity index (χ1n) is 6.11. The molecule has 0 radical (unpaired) electrons. The van der Waals surface area contributed by atoms with Crippen LogP contribution in [0.25, 0.3) is 0 Å². The predicted octanol–water partition coefficient (Wildman–Crippen LogP) is 0.999. The Balaban J connectivity index is 1.72. The standard InChI is InChI=1S/C12H24N2O/c1-12(2)10(6-11(12)15-3)14-8-9-4-5-13-7-9/h9-11,13-14H,4-8H2,1-3H3. The number of methoxy groups -OCH3 is 1. The molecule has 3 heteroatoms. The summed E-state index contributed by atoms with van der Waals surface area (Å²) in [4.78, 5) is 0. The van der Waals surface area contributed by atoms with E-state index in [4.69, 9.17) is 4.74 Å². The number of nitrogens with one attached hydrogen (secondary N) is 2. The van der Waals surface area contributed by atoms with E-state index < -0.39 is 0 Å². The SMILES string of the molecule is COC1CC(NCC2CCNC2)C1(C)C. The number of hydrogen-bond acceptors (Lipinski definition) is 3. The molecule has 1 aliphatic carbocycles. The van der Waals surface area contributed by atoms with Crippen molar-refractivity contribution >= 4 is 0 Å². The summed E-state index contributed by atoms with van der Waals surface area (Å²) < 4.78 is 5.45. The largest absolute Gasteiger partial charge is 0.381 e. The molecule has 88 valence electrons. The molecule has 1 aliphatic heterocycles. The molecule has 3 atom stereocenters.